The number of hydrogen-bond donors (Lipinski definition) is 2. The van der Waals surface area contributed by atoms with Crippen LogP contribution in [0, 0.1) is 0 Å². The maximum atomic E-state index is 6.31. The monoisotopic (exact) mass is 555 g/mol. The van der Waals surface area contributed by atoms with Crippen molar-refractivity contribution in [2.75, 3.05) is 46.2 Å². The third-order valence-electron chi connectivity index (χ3n) is 7.21. The van der Waals surface area contributed by atoms with Crippen LogP contribution in [0.5, 0.6) is 0 Å². The highest BCUT2D eigenvalue weighted by Gasteiger charge is 2.24. The molecule has 39 heavy (non-hydrogen) atoms. The van der Waals surface area contributed by atoms with Crippen molar-refractivity contribution in [1.29, 1.82) is 0 Å². The molecule has 0 amide bonds. The predicted molar refractivity (Wildman–Crippen MR) is 164 cm³/mol. The lowest BCUT2D eigenvalue weighted by molar-refractivity contribution is 0.647. The van der Waals surface area contributed by atoms with E-state index in [-0.39, 0.29) is 0 Å². The number of para-hydroxylation sites is 1. The molecule has 3 heterocycles. The van der Waals surface area contributed by atoms with Gasteiger partial charge in [0.1, 0.15) is 11.6 Å². The first-order valence-electron chi connectivity index (χ1n) is 13.2. The van der Waals surface area contributed by atoms with Gasteiger partial charge in [-0.25, -0.2) is 0 Å². The summed E-state index contributed by atoms with van der Waals surface area (Å²) in [6.07, 6.45) is 0. The number of halogens is 1. The van der Waals surface area contributed by atoms with E-state index >= 15 is 0 Å². The highest BCUT2D eigenvalue weighted by Crippen LogP contribution is 2.30. The van der Waals surface area contributed by atoms with E-state index in [1.165, 1.54) is 16.8 Å². The number of piperazine rings is 1. The summed E-state index contributed by atoms with van der Waals surface area (Å²) in [5.74, 6) is 2.28. The molecule has 0 aliphatic carbocycles. The minimum atomic E-state index is 0.455. The Morgan fingerprint density at radius 2 is 1.33 bits per heavy atom. The highest BCUT2D eigenvalue weighted by molar-refractivity contribution is 7.80. The van der Waals surface area contributed by atoms with E-state index in [0.717, 1.165) is 56.5 Å². The molecule has 9 heteroatoms. The van der Waals surface area contributed by atoms with Crippen LogP contribution < -0.4 is 25.3 Å². The van der Waals surface area contributed by atoms with Crippen molar-refractivity contribution in [3.63, 3.8) is 0 Å². The van der Waals surface area contributed by atoms with Gasteiger partial charge in [0.05, 0.1) is 0 Å². The van der Waals surface area contributed by atoms with E-state index in [0.29, 0.717) is 22.6 Å². The summed E-state index contributed by atoms with van der Waals surface area (Å²) in [7, 11) is 0. The van der Waals surface area contributed by atoms with Crippen molar-refractivity contribution in [1.82, 2.24) is 15.3 Å². The van der Waals surface area contributed by atoms with Gasteiger partial charge in [-0.1, -0.05) is 72.3 Å². The van der Waals surface area contributed by atoms with E-state index in [9.17, 15) is 0 Å². The highest BCUT2D eigenvalue weighted by atomic mass is 35.5. The largest absolute Gasteiger partial charge is 0.368 e. The average Bonchev–Trinajstić information content (AvgIpc) is 3.42. The van der Waals surface area contributed by atoms with Crippen LogP contribution in [0.2, 0.25) is 5.02 Å². The normalized spacial score (nSPS) is 14.7. The van der Waals surface area contributed by atoms with E-state index in [1.54, 1.807) is 0 Å². The standard InChI is InChI=1S/C30H30ClN7S/c31-26-13-7-6-8-22(26)19-32-30(39)35-29-33-27(37-16-14-36(15-17-37)25-11-2-1-3-12-25)18-28(34-29)38-20-23-9-4-5-10-24(23)21-38/h1-13,18H,14-17,19-21H2,(H2,32,33,34,35,39). The molecule has 1 aromatic heterocycles. The molecule has 4 aromatic rings. The first-order chi connectivity index (χ1) is 19.1. The maximum absolute atomic E-state index is 6.31. The molecule has 198 valence electrons. The first kappa shape index (κ1) is 25.4. The van der Waals surface area contributed by atoms with E-state index in [2.05, 4.69) is 86.0 Å². The van der Waals surface area contributed by atoms with Crippen LogP contribution >= 0.6 is 23.8 Å². The molecule has 0 bridgehead atoms. The van der Waals surface area contributed by atoms with Gasteiger partial charge in [0.25, 0.3) is 0 Å². The SMILES string of the molecule is S=C(NCc1ccccc1Cl)Nc1nc(N2CCN(c3ccccc3)CC2)cc(N2Cc3ccccc3C2)n1. The number of anilines is 4. The lowest BCUT2D eigenvalue weighted by Crippen LogP contribution is -2.47. The molecule has 0 saturated carbocycles. The van der Waals surface area contributed by atoms with Gasteiger partial charge in [0, 0.05) is 62.6 Å². The smallest absolute Gasteiger partial charge is 0.232 e. The summed E-state index contributed by atoms with van der Waals surface area (Å²) in [6.45, 7) is 5.77. The summed E-state index contributed by atoms with van der Waals surface area (Å²) in [6, 6.07) is 29.0. The van der Waals surface area contributed by atoms with Gasteiger partial charge in [0.15, 0.2) is 5.11 Å². The fourth-order valence-corrected chi connectivity index (χ4v) is 5.46. The summed E-state index contributed by atoms with van der Waals surface area (Å²) in [4.78, 5) is 16.8. The Hall–Kier alpha value is -3.88. The molecule has 0 atom stereocenters. The number of fused-ring (bicyclic) bond motifs is 1. The number of thiocarbonyl (C=S) groups is 1. The molecular weight excluding hydrogens is 526 g/mol. The van der Waals surface area contributed by atoms with Crippen molar-refractivity contribution in [2.45, 2.75) is 19.6 Å². The Morgan fingerprint density at radius 3 is 2.03 bits per heavy atom. The van der Waals surface area contributed by atoms with Gasteiger partial charge >= 0.3 is 0 Å². The van der Waals surface area contributed by atoms with Gasteiger partial charge in [-0.05, 0) is 47.1 Å². The van der Waals surface area contributed by atoms with E-state index in [1.807, 2.05) is 24.3 Å². The second-order valence-electron chi connectivity index (χ2n) is 9.74. The summed E-state index contributed by atoms with van der Waals surface area (Å²) < 4.78 is 0. The Bertz CT molecular complexity index is 1430. The number of benzene rings is 3. The predicted octanol–water partition coefficient (Wildman–Crippen LogP) is 5.46. The van der Waals surface area contributed by atoms with Gasteiger partial charge in [-0.15, -0.1) is 0 Å². The van der Waals surface area contributed by atoms with Crippen molar-refractivity contribution in [2.24, 2.45) is 0 Å². The number of aromatic nitrogens is 2. The zero-order chi connectivity index (χ0) is 26.6. The molecule has 3 aromatic carbocycles. The van der Waals surface area contributed by atoms with Gasteiger partial charge in [0.2, 0.25) is 5.95 Å². The average molecular weight is 556 g/mol. The molecule has 0 spiro atoms. The Labute approximate surface area is 239 Å². The first-order valence-corrected chi connectivity index (χ1v) is 13.9. The Kier molecular flexibility index (Phi) is 7.47. The fourth-order valence-electron chi connectivity index (χ4n) is 5.09. The molecule has 2 N–H and O–H groups in total. The lowest BCUT2D eigenvalue weighted by Gasteiger charge is -2.37. The topological polar surface area (TPSA) is 59.6 Å². The zero-order valence-electron chi connectivity index (χ0n) is 21.6. The minimum absolute atomic E-state index is 0.455. The number of rotatable bonds is 6. The molecule has 2 aliphatic rings. The van der Waals surface area contributed by atoms with E-state index in [4.69, 9.17) is 33.8 Å². The minimum Gasteiger partial charge on any atom is -0.368 e. The Balaban J connectivity index is 1.20. The summed E-state index contributed by atoms with van der Waals surface area (Å²) >= 11 is 11.9. The third kappa shape index (κ3) is 5.92. The second-order valence-corrected chi connectivity index (χ2v) is 10.6. The molecule has 6 rings (SSSR count). The summed E-state index contributed by atoms with van der Waals surface area (Å²) in [5.41, 5.74) is 4.90. The van der Waals surface area contributed by atoms with Crippen LogP contribution in [0.15, 0.2) is 84.9 Å². The molecule has 1 fully saturated rings. The van der Waals surface area contributed by atoms with Crippen molar-refractivity contribution in [3.8, 4) is 0 Å². The molecule has 0 radical (unpaired) electrons. The zero-order valence-corrected chi connectivity index (χ0v) is 23.1. The van der Waals surface area contributed by atoms with Crippen molar-refractivity contribution < 1.29 is 0 Å². The number of nitrogens with zero attached hydrogens (tertiary/aromatic N) is 5. The fraction of sp³-hybridized carbons (Fsp3) is 0.233. The molecular formula is C30H30ClN7S. The van der Waals surface area contributed by atoms with Gasteiger partial charge < -0.3 is 25.3 Å². The van der Waals surface area contributed by atoms with Crippen LogP contribution in [0.25, 0.3) is 0 Å². The summed E-state index contributed by atoms with van der Waals surface area (Å²) in [5, 5.41) is 7.62. The van der Waals surface area contributed by atoms with Gasteiger partial charge in [-0.2, -0.15) is 9.97 Å². The molecule has 2 aliphatic heterocycles. The van der Waals surface area contributed by atoms with Crippen LogP contribution in [0.4, 0.5) is 23.3 Å². The van der Waals surface area contributed by atoms with Gasteiger partial charge in [-0.3, -0.25) is 0 Å². The third-order valence-corrected chi connectivity index (χ3v) is 7.83. The van der Waals surface area contributed by atoms with Crippen molar-refractivity contribution in [3.05, 3.63) is 107 Å². The Morgan fingerprint density at radius 1 is 0.744 bits per heavy atom. The van der Waals surface area contributed by atoms with Crippen LogP contribution in [-0.4, -0.2) is 41.3 Å². The van der Waals surface area contributed by atoms with Crippen LogP contribution in [-0.2, 0) is 19.6 Å². The van der Waals surface area contributed by atoms with Crippen LogP contribution in [0.3, 0.4) is 0 Å². The molecule has 1 saturated heterocycles. The molecule has 7 nitrogen and oxygen atoms in total. The lowest BCUT2D eigenvalue weighted by atomic mass is 10.1. The number of nitrogens with one attached hydrogen (secondary N) is 2. The maximum Gasteiger partial charge on any atom is 0.232 e. The second kappa shape index (κ2) is 11.5. The van der Waals surface area contributed by atoms with Crippen molar-refractivity contribution >= 4 is 52.2 Å². The quantitative estimate of drug-likeness (QED) is 0.304. The van der Waals surface area contributed by atoms with Crippen LogP contribution in [0.1, 0.15) is 16.7 Å². The number of hydrogen-bond acceptors (Lipinski definition) is 6. The van der Waals surface area contributed by atoms with E-state index < -0.39 is 0 Å². The molecule has 0 unspecified atom stereocenters.